The summed E-state index contributed by atoms with van der Waals surface area (Å²) in [7, 11) is 0. The molecule has 0 saturated carbocycles. The molecule has 0 bridgehead atoms. The average Bonchev–Trinajstić information content (AvgIpc) is 3.01. The standard InChI is InChI=1S/C29H29ClFNO/c30-27-8-3-1-6-24(27)25-14-17-33-28-9-4-2-7-26(28)29(25)23-12-10-21(11-13-23)18-22-19-32(20-22)16-5-15-31/h1-4,6-13,22H,5,14-20H2. The van der Waals surface area contributed by atoms with Crippen molar-refractivity contribution in [3.8, 4) is 5.75 Å². The van der Waals surface area contributed by atoms with Crippen LogP contribution in [0.15, 0.2) is 72.8 Å². The number of para-hydroxylation sites is 1. The van der Waals surface area contributed by atoms with E-state index in [1.54, 1.807) is 0 Å². The summed E-state index contributed by atoms with van der Waals surface area (Å²) in [5, 5.41) is 0.767. The van der Waals surface area contributed by atoms with Crippen LogP contribution in [0.2, 0.25) is 5.02 Å². The van der Waals surface area contributed by atoms with Crippen LogP contribution in [0.3, 0.4) is 0 Å². The lowest BCUT2D eigenvalue weighted by Gasteiger charge is -2.39. The second-order valence-corrected chi connectivity index (χ2v) is 9.40. The minimum atomic E-state index is -0.219. The number of fused-ring (bicyclic) bond motifs is 1. The maximum absolute atomic E-state index is 12.4. The second-order valence-electron chi connectivity index (χ2n) is 9.00. The Balaban J connectivity index is 1.45. The smallest absolute Gasteiger partial charge is 0.127 e. The fourth-order valence-corrected chi connectivity index (χ4v) is 5.32. The van der Waals surface area contributed by atoms with Gasteiger partial charge in [-0.1, -0.05) is 72.3 Å². The maximum Gasteiger partial charge on any atom is 0.127 e. The highest BCUT2D eigenvalue weighted by Gasteiger charge is 2.26. The van der Waals surface area contributed by atoms with Gasteiger partial charge in [0.05, 0.1) is 13.3 Å². The molecule has 0 aromatic heterocycles. The molecule has 0 spiro atoms. The monoisotopic (exact) mass is 461 g/mol. The zero-order valence-corrected chi connectivity index (χ0v) is 19.5. The molecule has 2 nitrogen and oxygen atoms in total. The van der Waals surface area contributed by atoms with Crippen molar-refractivity contribution in [3.05, 3.63) is 100 Å². The summed E-state index contributed by atoms with van der Waals surface area (Å²) < 4.78 is 18.5. The summed E-state index contributed by atoms with van der Waals surface area (Å²) in [6.07, 6.45) is 2.52. The lowest BCUT2D eigenvalue weighted by molar-refractivity contribution is 0.0968. The number of halogens is 2. The molecule has 0 radical (unpaired) electrons. The summed E-state index contributed by atoms with van der Waals surface area (Å²) in [6, 6.07) is 25.3. The highest BCUT2D eigenvalue weighted by atomic mass is 35.5. The van der Waals surface area contributed by atoms with Gasteiger partial charge in [-0.3, -0.25) is 4.39 Å². The molecule has 0 amide bonds. The van der Waals surface area contributed by atoms with E-state index in [0.717, 1.165) is 54.4 Å². The topological polar surface area (TPSA) is 12.5 Å². The molecule has 0 unspecified atom stereocenters. The van der Waals surface area contributed by atoms with Crippen molar-refractivity contribution >= 4 is 22.7 Å². The summed E-state index contributed by atoms with van der Waals surface area (Å²) in [4.78, 5) is 2.35. The van der Waals surface area contributed by atoms with E-state index >= 15 is 0 Å². The molecule has 2 aliphatic heterocycles. The van der Waals surface area contributed by atoms with Crippen molar-refractivity contribution in [1.29, 1.82) is 0 Å². The fraction of sp³-hybridized carbons (Fsp3) is 0.310. The molecule has 4 heteroatoms. The van der Waals surface area contributed by atoms with Gasteiger partial charge >= 0.3 is 0 Å². The normalized spacial score (nSPS) is 16.7. The number of nitrogens with zero attached hydrogens (tertiary/aromatic N) is 1. The van der Waals surface area contributed by atoms with Crippen LogP contribution in [-0.2, 0) is 6.42 Å². The van der Waals surface area contributed by atoms with Gasteiger partial charge in [-0.05, 0) is 58.7 Å². The lowest BCUT2D eigenvalue weighted by atomic mass is 9.86. The molecule has 33 heavy (non-hydrogen) atoms. The van der Waals surface area contributed by atoms with Crippen LogP contribution in [0.5, 0.6) is 5.75 Å². The van der Waals surface area contributed by atoms with Crippen molar-refractivity contribution in [3.63, 3.8) is 0 Å². The van der Waals surface area contributed by atoms with E-state index in [4.69, 9.17) is 16.3 Å². The van der Waals surface area contributed by atoms with E-state index in [-0.39, 0.29) is 6.67 Å². The number of likely N-dealkylation sites (tertiary alicyclic amines) is 1. The number of benzene rings is 3. The third kappa shape index (κ3) is 4.85. The Morgan fingerprint density at radius 3 is 2.39 bits per heavy atom. The zero-order valence-electron chi connectivity index (χ0n) is 18.8. The van der Waals surface area contributed by atoms with Gasteiger partial charge in [0, 0.05) is 36.6 Å². The Labute approximate surface area is 200 Å². The van der Waals surface area contributed by atoms with Crippen LogP contribution in [0, 0.1) is 5.92 Å². The average molecular weight is 462 g/mol. The van der Waals surface area contributed by atoms with Crippen LogP contribution in [0.1, 0.15) is 35.1 Å². The molecule has 5 rings (SSSR count). The highest BCUT2D eigenvalue weighted by molar-refractivity contribution is 6.32. The third-order valence-electron chi connectivity index (χ3n) is 6.67. The number of hydrogen-bond acceptors (Lipinski definition) is 2. The van der Waals surface area contributed by atoms with Crippen LogP contribution in [0.25, 0.3) is 11.1 Å². The number of rotatable bonds is 7. The summed E-state index contributed by atoms with van der Waals surface area (Å²) >= 11 is 6.64. The Hall–Kier alpha value is -2.62. The molecule has 0 N–H and O–H groups in total. The minimum absolute atomic E-state index is 0.219. The summed E-state index contributed by atoms with van der Waals surface area (Å²) in [6.45, 7) is 3.44. The SMILES string of the molecule is FCCCN1CC(Cc2ccc(C3=C(c4ccccc4Cl)CCOc4ccccc43)cc2)C1. The van der Waals surface area contributed by atoms with Crippen LogP contribution in [0.4, 0.5) is 4.39 Å². The van der Waals surface area contributed by atoms with Gasteiger partial charge in [-0.2, -0.15) is 0 Å². The molecule has 2 heterocycles. The van der Waals surface area contributed by atoms with Gasteiger partial charge in [-0.25, -0.2) is 0 Å². The van der Waals surface area contributed by atoms with Crippen molar-refractivity contribution in [2.24, 2.45) is 5.92 Å². The Morgan fingerprint density at radius 2 is 1.64 bits per heavy atom. The van der Waals surface area contributed by atoms with Gasteiger partial charge in [0.1, 0.15) is 5.75 Å². The molecule has 2 aliphatic rings. The molecule has 0 aliphatic carbocycles. The first-order valence-corrected chi connectivity index (χ1v) is 12.2. The van der Waals surface area contributed by atoms with E-state index in [2.05, 4.69) is 47.4 Å². The molecular formula is C29H29ClFNO. The highest BCUT2D eigenvalue weighted by Crippen LogP contribution is 2.42. The Kier molecular flexibility index (Phi) is 6.80. The van der Waals surface area contributed by atoms with E-state index in [9.17, 15) is 4.39 Å². The van der Waals surface area contributed by atoms with Crippen LogP contribution < -0.4 is 4.74 Å². The first-order valence-electron chi connectivity index (χ1n) is 11.8. The van der Waals surface area contributed by atoms with Crippen molar-refractivity contribution in [1.82, 2.24) is 4.90 Å². The minimum Gasteiger partial charge on any atom is -0.493 e. The first kappa shape index (κ1) is 22.2. The van der Waals surface area contributed by atoms with Crippen LogP contribution in [-0.4, -0.2) is 37.8 Å². The molecular weight excluding hydrogens is 433 g/mol. The van der Waals surface area contributed by atoms with Gasteiger partial charge in [-0.15, -0.1) is 0 Å². The van der Waals surface area contributed by atoms with Gasteiger partial charge in [0.25, 0.3) is 0 Å². The van der Waals surface area contributed by atoms with Gasteiger partial charge in [0.2, 0.25) is 0 Å². The summed E-state index contributed by atoms with van der Waals surface area (Å²) in [5.74, 6) is 1.59. The fourth-order valence-electron chi connectivity index (χ4n) is 5.07. The van der Waals surface area contributed by atoms with Crippen molar-refractivity contribution in [2.75, 3.05) is 32.9 Å². The van der Waals surface area contributed by atoms with E-state index in [1.807, 2.05) is 30.3 Å². The number of ether oxygens (including phenoxy) is 1. The van der Waals surface area contributed by atoms with Crippen LogP contribution >= 0.6 is 11.6 Å². The molecule has 1 fully saturated rings. The zero-order chi connectivity index (χ0) is 22.6. The number of hydrogen-bond donors (Lipinski definition) is 0. The van der Waals surface area contributed by atoms with Crippen molar-refractivity contribution in [2.45, 2.75) is 19.3 Å². The second kappa shape index (κ2) is 10.1. The maximum atomic E-state index is 12.4. The lowest BCUT2D eigenvalue weighted by Crippen LogP contribution is -2.47. The quantitative estimate of drug-likeness (QED) is 0.378. The van der Waals surface area contributed by atoms with Crippen molar-refractivity contribution < 1.29 is 9.13 Å². The molecule has 3 aromatic rings. The molecule has 3 aromatic carbocycles. The number of alkyl halides is 1. The van der Waals surface area contributed by atoms with E-state index in [1.165, 1.54) is 22.3 Å². The Morgan fingerprint density at radius 1 is 0.909 bits per heavy atom. The molecule has 170 valence electrons. The third-order valence-corrected chi connectivity index (χ3v) is 7.00. The molecule has 0 atom stereocenters. The Bertz CT molecular complexity index is 1130. The summed E-state index contributed by atoms with van der Waals surface area (Å²) in [5.41, 5.74) is 7.14. The van der Waals surface area contributed by atoms with E-state index < -0.39 is 0 Å². The van der Waals surface area contributed by atoms with Gasteiger partial charge in [0.15, 0.2) is 0 Å². The predicted molar refractivity (Wildman–Crippen MR) is 135 cm³/mol. The predicted octanol–water partition coefficient (Wildman–Crippen LogP) is 6.92. The first-order chi connectivity index (χ1) is 16.2. The van der Waals surface area contributed by atoms with E-state index in [0.29, 0.717) is 18.9 Å². The largest absolute Gasteiger partial charge is 0.493 e. The van der Waals surface area contributed by atoms with Gasteiger partial charge < -0.3 is 9.64 Å². The molecule has 1 saturated heterocycles.